The van der Waals surface area contributed by atoms with Gasteiger partial charge in [-0.1, -0.05) is 6.07 Å². The molecule has 3 heterocycles. The smallest absolute Gasteiger partial charge is 0.163 e. The van der Waals surface area contributed by atoms with E-state index in [0.29, 0.717) is 19.8 Å². The Hall–Kier alpha value is -2.83. The maximum Gasteiger partial charge on any atom is 0.163 e. The molecule has 0 amide bonds. The van der Waals surface area contributed by atoms with Crippen molar-refractivity contribution in [2.45, 2.75) is 6.54 Å². The molecule has 7 heteroatoms. The van der Waals surface area contributed by atoms with Crippen molar-refractivity contribution >= 4 is 16.9 Å². The molecular formula is C15H15N5O2. The predicted octanol–water partition coefficient (Wildman–Crippen LogP) is 1.75. The van der Waals surface area contributed by atoms with Crippen LogP contribution in [0.25, 0.3) is 11.0 Å². The Balaban J connectivity index is 1.56. The van der Waals surface area contributed by atoms with Gasteiger partial charge in [-0.05, 0) is 17.7 Å². The Labute approximate surface area is 126 Å². The summed E-state index contributed by atoms with van der Waals surface area (Å²) in [5.74, 6) is 2.36. The average Bonchev–Trinajstić information content (AvgIpc) is 2.95. The number of fused-ring (bicyclic) bond motifs is 2. The molecule has 0 saturated heterocycles. The fourth-order valence-corrected chi connectivity index (χ4v) is 2.49. The van der Waals surface area contributed by atoms with Gasteiger partial charge in [-0.3, -0.25) is 4.68 Å². The topological polar surface area (TPSA) is 74.1 Å². The van der Waals surface area contributed by atoms with Gasteiger partial charge in [0.25, 0.3) is 0 Å². The van der Waals surface area contributed by atoms with E-state index in [1.54, 1.807) is 10.9 Å². The maximum atomic E-state index is 5.60. The van der Waals surface area contributed by atoms with Crippen molar-refractivity contribution in [1.29, 1.82) is 0 Å². The Morgan fingerprint density at radius 3 is 2.95 bits per heavy atom. The van der Waals surface area contributed by atoms with Crippen LogP contribution in [0.5, 0.6) is 11.5 Å². The van der Waals surface area contributed by atoms with Crippen molar-refractivity contribution in [3.63, 3.8) is 0 Å². The zero-order valence-corrected chi connectivity index (χ0v) is 12.1. The zero-order chi connectivity index (χ0) is 14.9. The van der Waals surface area contributed by atoms with Crippen LogP contribution in [0.3, 0.4) is 0 Å². The molecule has 1 N–H and O–H groups in total. The normalized spacial score (nSPS) is 13.3. The molecule has 1 aromatic carbocycles. The van der Waals surface area contributed by atoms with Crippen molar-refractivity contribution in [3.05, 3.63) is 36.3 Å². The number of nitrogens with one attached hydrogen (secondary N) is 1. The lowest BCUT2D eigenvalue weighted by Crippen LogP contribution is -2.15. The molecule has 1 aliphatic heterocycles. The number of hydrogen-bond donors (Lipinski definition) is 1. The molecule has 0 bridgehead atoms. The van der Waals surface area contributed by atoms with Crippen LogP contribution in [0.1, 0.15) is 5.56 Å². The lowest BCUT2D eigenvalue weighted by atomic mass is 10.2. The Kier molecular flexibility index (Phi) is 3.03. The van der Waals surface area contributed by atoms with Crippen LogP contribution in [0.15, 0.2) is 30.7 Å². The number of aromatic nitrogens is 4. The van der Waals surface area contributed by atoms with Crippen molar-refractivity contribution in [2.75, 3.05) is 18.5 Å². The average molecular weight is 297 g/mol. The molecule has 0 saturated carbocycles. The first-order valence-electron chi connectivity index (χ1n) is 7.06. The molecule has 112 valence electrons. The SMILES string of the molecule is Cn1ncc2c(NCc3ccc4c(c3)OCCO4)ncnc21. The quantitative estimate of drug-likeness (QED) is 0.794. The van der Waals surface area contributed by atoms with Crippen molar-refractivity contribution in [2.24, 2.45) is 7.05 Å². The highest BCUT2D eigenvalue weighted by molar-refractivity contribution is 5.85. The molecule has 7 nitrogen and oxygen atoms in total. The summed E-state index contributed by atoms with van der Waals surface area (Å²) in [6, 6.07) is 5.94. The first-order valence-corrected chi connectivity index (χ1v) is 7.06. The standard InChI is InChI=1S/C15H15N5O2/c1-20-15-11(8-19-20)14(17-9-18-15)16-7-10-2-3-12-13(6-10)22-5-4-21-12/h2-3,6,8-9H,4-5,7H2,1H3,(H,16,17,18). The minimum atomic E-state index is 0.589. The summed E-state index contributed by atoms with van der Waals surface area (Å²) in [6.45, 7) is 1.83. The highest BCUT2D eigenvalue weighted by Crippen LogP contribution is 2.31. The van der Waals surface area contributed by atoms with Crippen molar-refractivity contribution in [1.82, 2.24) is 19.7 Å². The summed E-state index contributed by atoms with van der Waals surface area (Å²) in [7, 11) is 1.86. The number of hydrogen-bond acceptors (Lipinski definition) is 6. The maximum absolute atomic E-state index is 5.60. The monoisotopic (exact) mass is 297 g/mol. The van der Waals surface area contributed by atoms with Gasteiger partial charge in [0.15, 0.2) is 17.1 Å². The van der Waals surface area contributed by atoms with E-state index in [0.717, 1.165) is 33.9 Å². The Bertz CT molecular complexity index is 830. The van der Waals surface area contributed by atoms with Gasteiger partial charge in [-0.2, -0.15) is 5.10 Å². The molecule has 0 atom stereocenters. The van der Waals surface area contributed by atoms with Gasteiger partial charge in [-0.15, -0.1) is 0 Å². The summed E-state index contributed by atoms with van der Waals surface area (Å²) in [4.78, 5) is 8.52. The molecule has 2 aromatic heterocycles. The van der Waals surface area contributed by atoms with Gasteiger partial charge in [0.1, 0.15) is 25.4 Å². The fraction of sp³-hybridized carbons (Fsp3) is 0.267. The summed E-state index contributed by atoms with van der Waals surface area (Å²) in [6.07, 6.45) is 3.30. The summed E-state index contributed by atoms with van der Waals surface area (Å²) >= 11 is 0. The first kappa shape index (κ1) is 12.9. The van der Waals surface area contributed by atoms with E-state index in [9.17, 15) is 0 Å². The Morgan fingerprint density at radius 2 is 2.05 bits per heavy atom. The van der Waals surface area contributed by atoms with Gasteiger partial charge in [-0.25, -0.2) is 9.97 Å². The summed E-state index contributed by atoms with van der Waals surface area (Å²) < 4.78 is 12.9. The molecule has 1 aliphatic rings. The molecule has 22 heavy (non-hydrogen) atoms. The third-order valence-electron chi connectivity index (χ3n) is 3.60. The van der Waals surface area contributed by atoms with Gasteiger partial charge in [0.2, 0.25) is 0 Å². The van der Waals surface area contributed by atoms with Gasteiger partial charge in [0, 0.05) is 13.6 Å². The van der Waals surface area contributed by atoms with E-state index < -0.39 is 0 Å². The van der Waals surface area contributed by atoms with E-state index in [2.05, 4.69) is 20.4 Å². The lowest BCUT2D eigenvalue weighted by Gasteiger charge is -2.19. The second-order valence-corrected chi connectivity index (χ2v) is 5.06. The Morgan fingerprint density at radius 1 is 1.18 bits per heavy atom. The van der Waals surface area contributed by atoms with Gasteiger partial charge < -0.3 is 14.8 Å². The molecular weight excluding hydrogens is 282 g/mol. The first-order chi connectivity index (χ1) is 10.8. The number of rotatable bonds is 3. The molecule has 3 aromatic rings. The van der Waals surface area contributed by atoms with Crippen LogP contribution in [0, 0.1) is 0 Å². The highest BCUT2D eigenvalue weighted by atomic mass is 16.6. The number of ether oxygens (including phenoxy) is 2. The number of nitrogens with zero attached hydrogens (tertiary/aromatic N) is 4. The van der Waals surface area contributed by atoms with Crippen molar-refractivity contribution in [3.8, 4) is 11.5 Å². The van der Waals surface area contributed by atoms with Crippen LogP contribution in [-0.2, 0) is 13.6 Å². The second-order valence-electron chi connectivity index (χ2n) is 5.06. The summed E-state index contributed by atoms with van der Waals surface area (Å²) in [5, 5.41) is 8.44. The van der Waals surface area contributed by atoms with E-state index in [1.165, 1.54) is 6.33 Å². The van der Waals surface area contributed by atoms with Crippen LogP contribution in [0.4, 0.5) is 5.82 Å². The minimum absolute atomic E-state index is 0.589. The fourth-order valence-electron chi connectivity index (χ4n) is 2.49. The van der Waals surface area contributed by atoms with E-state index >= 15 is 0 Å². The summed E-state index contributed by atoms with van der Waals surface area (Å²) in [5.41, 5.74) is 1.90. The van der Waals surface area contributed by atoms with Crippen LogP contribution in [-0.4, -0.2) is 33.0 Å². The van der Waals surface area contributed by atoms with Crippen LogP contribution < -0.4 is 14.8 Å². The van der Waals surface area contributed by atoms with Gasteiger partial charge >= 0.3 is 0 Å². The predicted molar refractivity (Wildman–Crippen MR) is 81.1 cm³/mol. The second kappa shape index (κ2) is 5.18. The molecule has 0 fully saturated rings. The molecule has 0 aliphatic carbocycles. The van der Waals surface area contributed by atoms with Crippen LogP contribution >= 0.6 is 0 Å². The number of benzene rings is 1. The van der Waals surface area contributed by atoms with E-state index in [4.69, 9.17) is 9.47 Å². The van der Waals surface area contributed by atoms with E-state index in [1.807, 2.05) is 25.2 Å². The van der Waals surface area contributed by atoms with Crippen molar-refractivity contribution < 1.29 is 9.47 Å². The molecule has 0 unspecified atom stereocenters. The van der Waals surface area contributed by atoms with Gasteiger partial charge in [0.05, 0.1) is 11.6 Å². The van der Waals surface area contributed by atoms with E-state index in [-0.39, 0.29) is 0 Å². The third kappa shape index (κ3) is 2.20. The number of anilines is 1. The molecule has 4 rings (SSSR count). The van der Waals surface area contributed by atoms with Crippen LogP contribution in [0.2, 0.25) is 0 Å². The lowest BCUT2D eigenvalue weighted by molar-refractivity contribution is 0.171. The minimum Gasteiger partial charge on any atom is -0.486 e. The molecule has 0 radical (unpaired) electrons. The highest BCUT2D eigenvalue weighted by Gasteiger charge is 2.12. The number of aryl methyl sites for hydroxylation is 1. The molecule has 0 spiro atoms. The third-order valence-corrected chi connectivity index (χ3v) is 3.60. The zero-order valence-electron chi connectivity index (χ0n) is 12.1. The largest absolute Gasteiger partial charge is 0.486 e.